The predicted octanol–water partition coefficient (Wildman–Crippen LogP) is 1.35. The number of morpholine rings is 1. The summed E-state index contributed by atoms with van der Waals surface area (Å²) < 4.78 is 12.7. The maximum absolute atomic E-state index is 5.42. The molecule has 0 unspecified atom stereocenters. The summed E-state index contributed by atoms with van der Waals surface area (Å²) >= 11 is 0. The van der Waals surface area contributed by atoms with Crippen LogP contribution in [0.25, 0.3) is 0 Å². The molecule has 1 saturated heterocycles. The Kier molecular flexibility index (Phi) is 10.3. The van der Waals surface area contributed by atoms with Gasteiger partial charge in [-0.25, -0.2) is 0 Å². The molecule has 0 amide bonds. The van der Waals surface area contributed by atoms with Crippen molar-refractivity contribution in [3.63, 3.8) is 0 Å². The highest BCUT2D eigenvalue weighted by Crippen LogP contribution is 2.11. The summed E-state index contributed by atoms with van der Waals surface area (Å²) in [5, 5.41) is 15.1. The van der Waals surface area contributed by atoms with E-state index in [1.807, 2.05) is 12.1 Å². The van der Waals surface area contributed by atoms with E-state index in [-0.39, 0.29) is 0 Å². The number of rotatable bonds is 12. The van der Waals surface area contributed by atoms with Gasteiger partial charge in [0.15, 0.2) is 5.96 Å². The third-order valence-electron chi connectivity index (χ3n) is 5.53. The summed E-state index contributed by atoms with van der Waals surface area (Å²) in [6, 6.07) is 8.20. The summed E-state index contributed by atoms with van der Waals surface area (Å²) in [6.45, 7) is 10.1. The number of nitrogens with zero attached hydrogens (tertiary/aromatic N) is 5. The second kappa shape index (κ2) is 13.7. The third-order valence-corrected chi connectivity index (χ3v) is 5.53. The second-order valence-corrected chi connectivity index (χ2v) is 7.78. The molecular formula is C23H37N7O2. The van der Waals surface area contributed by atoms with Crippen LogP contribution >= 0.6 is 0 Å². The van der Waals surface area contributed by atoms with Crippen LogP contribution in [0.5, 0.6) is 5.75 Å². The standard InChI is InChI=1S/C23H37N7O2/c1-3-22-28-27-19-30(22)14-12-26-23(24-10-4-13-29-15-17-32-18-16-29)25-11-9-20-5-7-21(31-2)8-6-20/h5-8,19H,3-4,9-18H2,1-2H3,(H2,24,25,26). The van der Waals surface area contributed by atoms with Gasteiger partial charge in [-0.1, -0.05) is 19.1 Å². The zero-order chi connectivity index (χ0) is 22.4. The normalized spacial score (nSPS) is 15.0. The number of aryl methyl sites for hydroxylation is 1. The first kappa shape index (κ1) is 24.0. The summed E-state index contributed by atoms with van der Waals surface area (Å²) in [5.74, 6) is 2.74. The molecule has 32 heavy (non-hydrogen) atoms. The van der Waals surface area contributed by atoms with Gasteiger partial charge < -0.3 is 24.7 Å². The van der Waals surface area contributed by atoms with Gasteiger partial charge in [0.25, 0.3) is 0 Å². The first-order valence-corrected chi connectivity index (χ1v) is 11.6. The fraction of sp³-hybridized carbons (Fsp3) is 0.609. The van der Waals surface area contributed by atoms with E-state index in [4.69, 9.17) is 14.5 Å². The van der Waals surface area contributed by atoms with Crippen LogP contribution in [0.15, 0.2) is 35.6 Å². The predicted molar refractivity (Wildman–Crippen MR) is 126 cm³/mol. The summed E-state index contributed by atoms with van der Waals surface area (Å²) in [7, 11) is 1.69. The van der Waals surface area contributed by atoms with Crippen LogP contribution in [0.1, 0.15) is 24.7 Å². The highest BCUT2D eigenvalue weighted by molar-refractivity contribution is 5.79. The van der Waals surface area contributed by atoms with E-state index in [9.17, 15) is 0 Å². The first-order chi connectivity index (χ1) is 15.8. The highest BCUT2D eigenvalue weighted by Gasteiger charge is 2.09. The van der Waals surface area contributed by atoms with E-state index >= 15 is 0 Å². The number of aliphatic imine (C=N–C) groups is 1. The van der Waals surface area contributed by atoms with E-state index in [0.717, 1.165) is 95.8 Å². The van der Waals surface area contributed by atoms with E-state index < -0.39 is 0 Å². The van der Waals surface area contributed by atoms with Crippen LogP contribution in [0.3, 0.4) is 0 Å². The fourth-order valence-corrected chi connectivity index (χ4v) is 3.64. The molecule has 1 aromatic heterocycles. The van der Waals surface area contributed by atoms with Crippen molar-refractivity contribution in [2.45, 2.75) is 32.7 Å². The molecule has 0 bridgehead atoms. The van der Waals surface area contributed by atoms with Gasteiger partial charge in [-0.2, -0.15) is 0 Å². The minimum Gasteiger partial charge on any atom is -0.497 e. The van der Waals surface area contributed by atoms with Crippen LogP contribution < -0.4 is 15.4 Å². The van der Waals surface area contributed by atoms with Gasteiger partial charge in [0.05, 0.1) is 20.3 Å². The zero-order valence-corrected chi connectivity index (χ0v) is 19.4. The van der Waals surface area contributed by atoms with Crippen LogP contribution in [0.2, 0.25) is 0 Å². The van der Waals surface area contributed by atoms with Crippen LogP contribution in [0.4, 0.5) is 0 Å². The zero-order valence-electron chi connectivity index (χ0n) is 19.4. The number of guanidine groups is 1. The van der Waals surface area contributed by atoms with Crippen molar-refractivity contribution in [2.75, 3.05) is 59.6 Å². The molecule has 3 rings (SSSR count). The molecule has 0 spiro atoms. The Balaban J connectivity index is 1.46. The largest absolute Gasteiger partial charge is 0.497 e. The van der Waals surface area contributed by atoms with Gasteiger partial charge in [0, 0.05) is 52.2 Å². The Morgan fingerprint density at radius 2 is 1.91 bits per heavy atom. The molecule has 1 aliphatic heterocycles. The Bertz CT molecular complexity index is 801. The molecule has 1 aliphatic rings. The van der Waals surface area contributed by atoms with Gasteiger partial charge in [0.2, 0.25) is 0 Å². The SMILES string of the molecule is CCc1nncn1CCNC(=NCCCN1CCOCC1)NCCc1ccc(OC)cc1. The number of methoxy groups -OCH3 is 1. The lowest BCUT2D eigenvalue weighted by Gasteiger charge is -2.26. The lowest BCUT2D eigenvalue weighted by atomic mass is 10.1. The van der Waals surface area contributed by atoms with Crippen LogP contribution in [0, 0.1) is 0 Å². The topological polar surface area (TPSA) is 88.8 Å². The summed E-state index contributed by atoms with van der Waals surface area (Å²) in [5.41, 5.74) is 1.27. The van der Waals surface area contributed by atoms with Crippen molar-refractivity contribution in [1.29, 1.82) is 0 Å². The fourth-order valence-electron chi connectivity index (χ4n) is 3.64. The van der Waals surface area contributed by atoms with Crippen molar-refractivity contribution in [3.8, 4) is 5.75 Å². The molecule has 2 heterocycles. The summed E-state index contributed by atoms with van der Waals surface area (Å²) in [6.07, 6.45) is 4.63. The molecule has 0 saturated carbocycles. The van der Waals surface area contributed by atoms with Crippen molar-refractivity contribution < 1.29 is 9.47 Å². The van der Waals surface area contributed by atoms with E-state index in [1.54, 1.807) is 13.4 Å². The average Bonchev–Trinajstić information content (AvgIpc) is 3.30. The van der Waals surface area contributed by atoms with Gasteiger partial charge in [-0.15, -0.1) is 10.2 Å². The number of benzene rings is 1. The summed E-state index contributed by atoms with van der Waals surface area (Å²) in [4.78, 5) is 7.25. The van der Waals surface area contributed by atoms with Crippen molar-refractivity contribution in [3.05, 3.63) is 42.0 Å². The number of ether oxygens (including phenoxy) is 2. The Morgan fingerprint density at radius 3 is 2.66 bits per heavy atom. The number of nitrogens with one attached hydrogen (secondary N) is 2. The molecule has 176 valence electrons. The van der Waals surface area contributed by atoms with Gasteiger partial charge >= 0.3 is 0 Å². The number of hydrogen-bond acceptors (Lipinski definition) is 6. The molecule has 0 aliphatic carbocycles. The molecule has 0 atom stereocenters. The monoisotopic (exact) mass is 443 g/mol. The minimum absolute atomic E-state index is 0.767. The maximum Gasteiger partial charge on any atom is 0.191 e. The molecular weight excluding hydrogens is 406 g/mol. The van der Waals surface area contributed by atoms with E-state index in [0.29, 0.717) is 0 Å². The molecule has 0 radical (unpaired) electrons. The lowest BCUT2D eigenvalue weighted by molar-refractivity contribution is 0.0377. The van der Waals surface area contributed by atoms with Gasteiger partial charge in [-0.05, 0) is 30.5 Å². The Hall–Kier alpha value is -2.65. The number of aromatic nitrogens is 3. The van der Waals surface area contributed by atoms with Gasteiger partial charge in [-0.3, -0.25) is 9.89 Å². The molecule has 2 N–H and O–H groups in total. The lowest BCUT2D eigenvalue weighted by Crippen LogP contribution is -2.40. The Morgan fingerprint density at radius 1 is 1.12 bits per heavy atom. The van der Waals surface area contributed by atoms with Crippen LogP contribution in [-0.2, 0) is 24.1 Å². The van der Waals surface area contributed by atoms with Crippen molar-refractivity contribution >= 4 is 5.96 Å². The average molecular weight is 444 g/mol. The minimum atomic E-state index is 0.767. The first-order valence-electron chi connectivity index (χ1n) is 11.6. The molecule has 9 heteroatoms. The Labute approximate surface area is 191 Å². The highest BCUT2D eigenvalue weighted by atomic mass is 16.5. The molecule has 1 aromatic carbocycles. The van der Waals surface area contributed by atoms with Gasteiger partial charge in [0.1, 0.15) is 17.9 Å². The van der Waals surface area contributed by atoms with E-state index in [2.05, 4.69) is 49.4 Å². The second-order valence-electron chi connectivity index (χ2n) is 7.78. The van der Waals surface area contributed by atoms with Crippen molar-refractivity contribution in [1.82, 2.24) is 30.3 Å². The maximum atomic E-state index is 5.42. The quantitative estimate of drug-likeness (QED) is 0.291. The smallest absolute Gasteiger partial charge is 0.191 e. The van der Waals surface area contributed by atoms with Crippen molar-refractivity contribution in [2.24, 2.45) is 4.99 Å². The molecule has 9 nitrogen and oxygen atoms in total. The molecule has 2 aromatic rings. The number of hydrogen-bond donors (Lipinski definition) is 2. The molecule has 1 fully saturated rings. The van der Waals surface area contributed by atoms with Crippen LogP contribution in [-0.4, -0.2) is 85.2 Å². The third kappa shape index (κ3) is 8.12. The van der Waals surface area contributed by atoms with E-state index in [1.165, 1.54) is 5.56 Å².